The van der Waals surface area contributed by atoms with Gasteiger partial charge in [-0.05, 0) is 73.5 Å². The third kappa shape index (κ3) is 1.78. The zero-order valence-electron chi connectivity index (χ0n) is 15.3. The van der Waals surface area contributed by atoms with Crippen LogP contribution in [0.25, 0.3) is 0 Å². The first-order valence-corrected chi connectivity index (χ1v) is 9.37. The molecule has 6 atom stereocenters. The Labute approximate surface area is 145 Å². The number of carbonyl (C=O) groups excluding carboxylic acids is 2. The van der Waals surface area contributed by atoms with Crippen LogP contribution in [0.3, 0.4) is 0 Å². The van der Waals surface area contributed by atoms with Crippen molar-refractivity contribution in [2.24, 2.45) is 34.0 Å². The monoisotopic (exact) mass is 324 g/mol. The molecule has 0 spiro atoms. The molecule has 2 fully saturated rings. The summed E-state index contributed by atoms with van der Waals surface area (Å²) in [4.78, 5) is 24.2. The SMILES string of the molecule is CC(=O)[C@@]1(C)CC[C@H]2[C@@H]3C=CC4=CC(=O)C=C[C@]4(C)[C@H]3CC[C@@]21C. The van der Waals surface area contributed by atoms with Crippen molar-refractivity contribution in [2.45, 2.75) is 53.4 Å². The van der Waals surface area contributed by atoms with Crippen LogP contribution >= 0.6 is 0 Å². The molecular weight excluding hydrogens is 296 g/mol. The molecule has 0 unspecified atom stereocenters. The summed E-state index contributed by atoms with van der Waals surface area (Å²) in [6.45, 7) is 8.65. The predicted octanol–water partition coefficient (Wildman–Crippen LogP) is 4.67. The highest BCUT2D eigenvalue weighted by molar-refractivity contribution is 6.01. The molecule has 0 aromatic carbocycles. The zero-order chi connectivity index (χ0) is 17.3. The summed E-state index contributed by atoms with van der Waals surface area (Å²) in [5.74, 6) is 2.11. The molecule has 0 saturated heterocycles. The lowest BCUT2D eigenvalue weighted by Crippen LogP contribution is -2.51. The van der Waals surface area contributed by atoms with Gasteiger partial charge in [-0.25, -0.2) is 0 Å². The molecular formula is C22H28O2. The van der Waals surface area contributed by atoms with Crippen molar-refractivity contribution in [3.63, 3.8) is 0 Å². The Bertz CT molecular complexity index is 711. The van der Waals surface area contributed by atoms with Crippen LogP contribution in [-0.2, 0) is 9.59 Å². The van der Waals surface area contributed by atoms with Crippen molar-refractivity contribution in [1.82, 2.24) is 0 Å². The van der Waals surface area contributed by atoms with E-state index in [0.717, 1.165) is 25.7 Å². The summed E-state index contributed by atoms with van der Waals surface area (Å²) in [7, 11) is 0. The Morgan fingerprint density at radius 2 is 1.79 bits per heavy atom. The Hall–Kier alpha value is -1.44. The molecule has 4 aliphatic carbocycles. The highest BCUT2D eigenvalue weighted by atomic mass is 16.1. The van der Waals surface area contributed by atoms with E-state index in [1.807, 2.05) is 6.08 Å². The Morgan fingerprint density at radius 1 is 1.08 bits per heavy atom. The van der Waals surface area contributed by atoms with E-state index in [1.165, 1.54) is 5.57 Å². The third-order valence-electron chi connectivity index (χ3n) is 8.50. The van der Waals surface area contributed by atoms with Crippen LogP contribution in [0, 0.1) is 34.0 Å². The molecule has 128 valence electrons. The maximum Gasteiger partial charge on any atom is 0.178 e. The van der Waals surface area contributed by atoms with Crippen LogP contribution in [0.4, 0.5) is 0 Å². The number of fused-ring (bicyclic) bond motifs is 5. The van der Waals surface area contributed by atoms with Crippen molar-refractivity contribution < 1.29 is 9.59 Å². The number of allylic oxidation sites excluding steroid dienone is 6. The highest BCUT2D eigenvalue weighted by Gasteiger charge is 2.63. The van der Waals surface area contributed by atoms with Crippen molar-refractivity contribution in [3.8, 4) is 0 Å². The maximum absolute atomic E-state index is 12.4. The molecule has 2 nitrogen and oxygen atoms in total. The van der Waals surface area contributed by atoms with Gasteiger partial charge in [-0.15, -0.1) is 0 Å². The average Bonchev–Trinajstić information content (AvgIpc) is 2.81. The lowest BCUT2D eigenvalue weighted by Gasteiger charge is -2.56. The molecule has 2 heteroatoms. The molecule has 4 aliphatic rings. The molecule has 0 amide bonds. The fourth-order valence-corrected chi connectivity index (χ4v) is 6.50. The molecule has 0 aromatic rings. The largest absolute Gasteiger partial charge is 0.299 e. The summed E-state index contributed by atoms with van der Waals surface area (Å²) in [6.07, 6.45) is 14.7. The first-order chi connectivity index (χ1) is 11.2. The third-order valence-corrected chi connectivity index (χ3v) is 8.50. The van der Waals surface area contributed by atoms with E-state index >= 15 is 0 Å². The molecule has 0 bridgehead atoms. The van der Waals surface area contributed by atoms with Crippen LogP contribution in [0.1, 0.15) is 53.4 Å². The van der Waals surface area contributed by atoms with Gasteiger partial charge in [0.15, 0.2) is 5.78 Å². The molecule has 0 aliphatic heterocycles. The van der Waals surface area contributed by atoms with E-state index in [-0.39, 0.29) is 22.0 Å². The second kappa shape index (κ2) is 4.80. The highest BCUT2D eigenvalue weighted by Crippen LogP contribution is 2.68. The van der Waals surface area contributed by atoms with Crippen LogP contribution in [0.5, 0.6) is 0 Å². The zero-order valence-corrected chi connectivity index (χ0v) is 15.3. The van der Waals surface area contributed by atoms with Gasteiger partial charge in [0.05, 0.1) is 0 Å². The van der Waals surface area contributed by atoms with Crippen molar-refractivity contribution in [3.05, 3.63) is 36.0 Å². The molecule has 24 heavy (non-hydrogen) atoms. The normalized spacial score (nSPS) is 49.2. The fraction of sp³-hybridized carbons (Fsp3) is 0.636. The van der Waals surface area contributed by atoms with E-state index in [0.29, 0.717) is 23.5 Å². The standard InChI is InChI=1S/C22H28O2/c1-14(23)21(3)11-9-19-17-6-5-15-13-16(24)7-10-20(15,2)18(17)8-12-22(19,21)4/h5-7,10,13,17-19H,8-9,11-12H2,1-4H3/t17-,18+,19+,20+,21-,22+/m1/s1. The second-order valence-corrected chi connectivity index (χ2v) is 9.15. The van der Waals surface area contributed by atoms with E-state index in [9.17, 15) is 9.59 Å². The maximum atomic E-state index is 12.4. The Kier molecular flexibility index (Phi) is 3.21. The average molecular weight is 324 g/mol. The van der Waals surface area contributed by atoms with Crippen LogP contribution in [0.15, 0.2) is 36.0 Å². The number of rotatable bonds is 1. The Balaban J connectivity index is 1.77. The van der Waals surface area contributed by atoms with Gasteiger partial charge in [0.2, 0.25) is 0 Å². The summed E-state index contributed by atoms with van der Waals surface area (Å²) in [5, 5.41) is 0. The van der Waals surface area contributed by atoms with Crippen LogP contribution in [-0.4, -0.2) is 11.6 Å². The van der Waals surface area contributed by atoms with Gasteiger partial charge in [-0.1, -0.05) is 39.0 Å². The van der Waals surface area contributed by atoms with Crippen LogP contribution < -0.4 is 0 Å². The molecule has 2 saturated carbocycles. The van der Waals surface area contributed by atoms with Crippen LogP contribution in [0.2, 0.25) is 0 Å². The van der Waals surface area contributed by atoms with Gasteiger partial charge in [0.1, 0.15) is 5.78 Å². The quantitative estimate of drug-likeness (QED) is 0.702. The van der Waals surface area contributed by atoms with Gasteiger partial charge in [0.25, 0.3) is 0 Å². The van der Waals surface area contributed by atoms with Gasteiger partial charge in [-0.3, -0.25) is 9.59 Å². The van der Waals surface area contributed by atoms with E-state index < -0.39 is 0 Å². The van der Waals surface area contributed by atoms with Crippen molar-refractivity contribution in [1.29, 1.82) is 0 Å². The van der Waals surface area contributed by atoms with E-state index in [1.54, 1.807) is 13.0 Å². The second-order valence-electron chi connectivity index (χ2n) is 9.15. The minimum absolute atomic E-state index is 0.0239. The predicted molar refractivity (Wildman–Crippen MR) is 95.3 cm³/mol. The van der Waals surface area contributed by atoms with E-state index in [4.69, 9.17) is 0 Å². The van der Waals surface area contributed by atoms with Gasteiger partial charge >= 0.3 is 0 Å². The smallest absolute Gasteiger partial charge is 0.178 e. The lowest BCUT2D eigenvalue weighted by atomic mass is 9.47. The van der Waals surface area contributed by atoms with Gasteiger partial charge in [0, 0.05) is 10.8 Å². The van der Waals surface area contributed by atoms with Crippen molar-refractivity contribution >= 4 is 11.6 Å². The molecule has 0 N–H and O–H groups in total. The molecule has 0 heterocycles. The lowest BCUT2D eigenvalue weighted by molar-refractivity contribution is -0.136. The first kappa shape index (κ1) is 16.1. The number of ketones is 2. The van der Waals surface area contributed by atoms with Gasteiger partial charge < -0.3 is 0 Å². The minimum Gasteiger partial charge on any atom is -0.299 e. The van der Waals surface area contributed by atoms with Crippen molar-refractivity contribution in [2.75, 3.05) is 0 Å². The fourth-order valence-electron chi connectivity index (χ4n) is 6.50. The summed E-state index contributed by atoms with van der Waals surface area (Å²) >= 11 is 0. The summed E-state index contributed by atoms with van der Waals surface area (Å²) < 4.78 is 0. The Morgan fingerprint density at radius 3 is 2.50 bits per heavy atom. The molecule has 4 rings (SSSR count). The number of hydrogen-bond donors (Lipinski definition) is 0. The number of carbonyl (C=O) groups is 2. The van der Waals surface area contributed by atoms with Gasteiger partial charge in [-0.2, -0.15) is 0 Å². The number of hydrogen-bond acceptors (Lipinski definition) is 2. The summed E-state index contributed by atoms with van der Waals surface area (Å²) in [5.41, 5.74) is 1.08. The van der Waals surface area contributed by atoms with E-state index in [2.05, 4.69) is 39.0 Å². The summed E-state index contributed by atoms with van der Waals surface area (Å²) in [6, 6.07) is 0. The molecule has 0 aromatic heterocycles. The first-order valence-electron chi connectivity index (χ1n) is 9.37. The minimum atomic E-state index is -0.175. The number of Topliss-reactive ketones (excluding diaryl/α,β-unsaturated/α-hetero) is 1. The topological polar surface area (TPSA) is 34.1 Å². The molecule has 0 radical (unpaired) electrons.